The molecule has 2 rings (SSSR count). The van der Waals surface area contributed by atoms with Crippen molar-refractivity contribution >= 4 is 15.9 Å². The standard InChI is InChI=1S/C16H29BrO/c1-3-14-5-4-6-15(11-14)18-16(12-17)9-7-13(2)8-10-16/h13-15H,3-12H2,1-2H3. The van der Waals surface area contributed by atoms with Crippen molar-refractivity contribution in [3.63, 3.8) is 0 Å². The Morgan fingerprint density at radius 1 is 1.17 bits per heavy atom. The Labute approximate surface area is 121 Å². The summed E-state index contributed by atoms with van der Waals surface area (Å²) in [4.78, 5) is 0. The molecule has 2 aliphatic carbocycles. The lowest BCUT2D eigenvalue weighted by molar-refractivity contribution is -0.119. The summed E-state index contributed by atoms with van der Waals surface area (Å²) < 4.78 is 6.60. The van der Waals surface area contributed by atoms with E-state index in [0.29, 0.717) is 6.10 Å². The lowest BCUT2D eigenvalue weighted by Crippen LogP contribution is -2.43. The van der Waals surface area contributed by atoms with Crippen molar-refractivity contribution in [2.45, 2.75) is 83.3 Å². The first-order chi connectivity index (χ1) is 8.67. The molecule has 2 atom stereocenters. The van der Waals surface area contributed by atoms with E-state index in [9.17, 15) is 0 Å². The van der Waals surface area contributed by atoms with Crippen LogP contribution in [-0.2, 0) is 4.74 Å². The molecule has 0 saturated heterocycles. The summed E-state index contributed by atoms with van der Waals surface area (Å²) in [5, 5.41) is 1.03. The molecule has 106 valence electrons. The van der Waals surface area contributed by atoms with Crippen molar-refractivity contribution in [1.82, 2.24) is 0 Å². The van der Waals surface area contributed by atoms with E-state index in [1.807, 2.05) is 0 Å². The minimum absolute atomic E-state index is 0.160. The van der Waals surface area contributed by atoms with Gasteiger partial charge in [0.25, 0.3) is 0 Å². The second-order valence-electron chi connectivity index (χ2n) is 6.68. The molecule has 0 heterocycles. The first-order valence-corrected chi connectivity index (χ1v) is 9.03. The van der Waals surface area contributed by atoms with Gasteiger partial charge in [-0.15, -0.1) is 0 Å². The number of halogens is 1. The summed E-state index contributed by atoms with van der Waals surface area (Å²) in [7, 11) is 0. The smallest absolute Gasteiger partial charge is 0.0782 e. The van der Waals surface area contributed by atoms with Crippen LogP contribution < -0.4 is 0 Å². The highest BCUT2D eigenvalue weighted by molar-refractivity contribution is 9.09. The lowest BCUT2D eigenvalue weighted by Gasteiger charge is -2.42. The normalized spacial score (nSPS) is 41.8. The van der Waals surface area contributed by atoms with Crippen molar-refractivity contribution in [3.8, 4) is 0 Å². The molecular weight excluding hydrogens is 288 g/mol. The summed E-state index contributed by atoms with van der Waals surface area (Å²) in [5.41, 5.74) is 0.160. The van der Waals surface area contributed by atoms with Gasteiger partial charge in [0.05, 0.1) is 11.7 Å². The fourth-order valence-corrected chi connectivity index (χ4v) is 4.34. The van der Waals surface area contributed by atoms with E-state index >= 15 is 0 Å². The molecule has 2 saturated carbocycles. The van der Waals surface area contributed by atoms with E-state index < -0.39 is 0 Å². The largest absolute Gasteiger partial charge is 0.371 e. The van der Waals surface area contributed by atoms with Gasteiger partial charge < -0.3 is 4.74 Å². The highest BCUT2D eigenvalue weighted by Crippen LogP contribution is 2.39. The summed E-state index contributed by atoms with van der Waals surface area (Å²) in [6, 6.07) is 0. The van der Waals surface area contributed by atoms with Crippen LogP contribution in [0.2, 0.25) is 0 Å². The Morgan fingerprint density at radius 2 is 1.89 bits per heavy atom. The van der Waals surface area contributed by atoms with Crippen molar-refractivity contribution in [2.24, 2.45) is 11.8 Å². The highest BCUT2D eigenvalue weighted by Gasteiger charge is 2.37. The molecule has 0 N–H and O–H groups in total. The molecule has 2 fully saturated rings. The van der Waals surface area contributed by atoms with Gasteiger partial charge in [0.2, 0.25) is 0 Å². The first kappa shape index (κ1) is 14.8. The number of ether oxygens (including phenoxy) is 1. The van der Waals surface area contributed by atoms with Crippen molar-refractivity contribution in [1.29, 1.82) is 0 Å². The van der Waals surface area contributed by atoms with Crippen LogP contribution in [0.25, 0.3) is 0 Å². The van der Waals surface area contributed by atoms with Crippen LogP contribution >= 0.6 is 15.9 Å². The SMILES string of the molecule is CCC1CCCC(OC2(CBr)CCC(C)CC2)C1. The van der Waals surface area contributed by atoms with Crippen LogP contribution in [0.1, 0.15) is 71.6 Å². The van der Waals surface area contributed by atoms with Crippen LogP contribution in [0.4, 0.5) is 0 Å². The molecule has 2 heteroatoms. The second kappa shape index (κ2) is 6.74. The summed E-state index contributed by atoms with van der Waals surface area (Å²) in [6.45, 7) is 4.71. The quantitative estimate of drug-likeness (QED) is 0.638. The molecule has 0 aromatic carbocycles. The van der Waals surface area contributed by atoms with Gasteiger partial charge >= 0.3 is 0 Å². The van der Waals surface area contributed by atoms with Crippen molar-refractivity contribution < 1.29 is 4.74 Å². The number of alkyl halides is 1. The van der Waals surface area contributed by atoms with E-state index in [2.05, 4.69) is 29.8 Å². The van der Waals surface area contributed by atoms with Gasteiger partial charge in [0.1, 0.15) is 0 Å². The van der Waals surface area contributed by atoms with Crippen LogP contribution in [0.3, 0.4) is 0 Å². The maximum Gasteiger partial charge on any atom is 0.0782 e. The van der Waals surface area contributed by atoms with Gasteiger partial charge in [-0.2, -0.15) is 0 Å². The third-order valence-corrected chi connectivity index (χ3v) is 6.18. The first-order valence-electron chi connectivity index (χ1n) is 7.91. The zero-order valence-electron chi connectivity index (χ0n) is 12.1. The fourth-order valence-electron chi connectivity index (χ4n) is 3.64. The van der Waals surface area contributed by atoms with Crippen LogP contribution in [0.15, 0.2) is 0 Å². The molecule has 18 heavy (non-hydrogen) atoms. The number of hydrogen-bond donors (Lipinski definition) is 0. The Morgan fingerprint density at radius 3 is 2.50 bits per heavy atom. The summed E-state index contributed by atoms with van der Waals surface area (Å²) in [5.74, 6) is 1.81. The van der Waals surface area contributed by atoms with Gasteiger partial charge in [0, 0.05) is 5.33 Å². The zero-order valence-corrected chi connectivity index (χ0v) is 13.7. The van der Waals surface area contributed by atoms with E-state index in [4.69, 9.17) is 4.74 Å². The van der Waals surface area contributed by atoms with Crippen LogP contribution in [0, 0.1) is 11.8 Å². The topological polar surface area (TPSA) is 9.23 Å². The average molecular weight is 317 g/mol. The number of rotatable bonds is 4. The zero-order chi connectivity index (χ0) is 13.0. The number of hydrogen-bond acceptors (Lipinski definition) is 1. The van der Waals surface area contributed by atoms with E-state index in [1.165, 1.54) is 57.8 Å². The van der Waals surface area contributed by atoms with E-state index in [0.717, 1.165) is 17.2 Å². The Kier molecular flexibility index (Phi) is 5.56. The predicted molar refractivity (Wildman–Crippen MR) is 81.3 cm³/mol. The van der Waals surface area contributed by atoms with Crippen LogP contribution in [-0.4, -0.2) is 17.0 Å². The second-order valence-corrected chi connectivity index (χ2v) is 7.24. The molecule has 0 amide bonds. The third-order valence-electron chi connectivity index (χ3n) is 5.16. The summed E-state index contributed by atoms with van der Waals surface area (Å²) >= 11 is 3.72. The average Bonchev–Trinajstić information content (AvgIpc) is 2.42. The van der Waals surface area contributed by atoms with Gasteiger partial charge in [-0.3, -0.25) is 0 Å². The van der Waals surface area contributed by atoms with E-state index in [-0.39, 0.29) is 5.60 Å². The molecule has 0 aromatic rings. The molecule has 1 nitrogen and oxygen atoms in total. The van der Waals surface area contributed by atoms with Gasteiger partial charge in [-0.25, -0.2) is 0 Å². The monoisotopic (exact) mass is 316 g/mol. The molecular formula is C16H29BrO. The molecule has 0 spiro atoms. The molecule has 0 bridgehead atoms. The van der Waals surface area contributed by atoms with Gasteiger partial charge in [0.15, 0.2) is 0 Å². The van der Waals surface area contributed by atoms with Crippen LogP contribution in [0.5, 0.6) is 0 Å². The Balaban J connectivity index is 1.89. The van der Waals surface area contributed by atoms with E-state index in [1.54, 1.807) is 0 Å². The predicted octanol–water partition coefficient (Wildman–Crippen LogP) is 5.32. The van der Waals surface area contributed by atoms with Gasteiger partial charge in [-0.05, 0) is 50.4 Å². The third kappa shape index (κ3) is 3.72. The van der Waals surface area contributed by atoms with Gasteiger partial charge in [-0.1, -0.05) is 49.0 Å². The molecule has 2 unspecified atom stereocenters. The summed E-state index contributed by atoms with van der Waals surface area (Å²) in [6.07, 6.45) is 12.5. The fraction of sp³-hybridized carbons (Fsp3) is 1.00. The molecule has 0 radical (unpaired) electrons. The van der Waals surface area contributed by atoms with Crippen molar-refractivity contribution in [2.75, 3.05) is 5.33 Å². The molecule has 0 aliphatic heterocycles. The maximum absolute atomic E-state index is 6.60. The lowest BCUT2D eigenvalue weighted by atomic mass is 9.79. The minimum atomic E-state index is 0.160. The Bertz CT molecular complexity index is 245. The minimum Gasteiger partial charge on any atom is -0.371 e. The van der Waals surface area contributed by atoms with Crippen molar-refractivity contribution in [3.05, 3.63) is 0 Å². The molecule has 2 aliphatic rings. The Hall–Kier alpha value is 0.440. The molecule has 0 aromatic heterocycles. The highest BCUT2D eigenvalue weighted by atomic mass is 79.9. The maximum atomic E-state index is 6.60.